The minimum atomic E-state index is -0.589. The smallest absolute Gasteiger partial charge is 0.200 e. The van der Waals surface area contributed by atoms with Crippen molar-refractivity contribution in [3.8, 4) is 11.5 Å². The molecule has 0 unspecified atom stereocenters. The van der Waals surface area contributed by atoms with Gasteiger partial charge in [0.2, 0.25) is 0 Å². The molecular weight excluding hydrogens is 363 g/mol. The third-order valence-electron chi connectivity index (χ3n) is 2.73. The predicted octanol–water partition coefficient (Wildman–Crippen LogP) is 4.51. The molecule has 2 aromatic rings. The van der Waals surface area contributed by atoms with E-state index in [0.717, 1.165) is 6.07 Å². The van der Waals surface area contributed by atoms with E-state index in [9.17, 15) is 9.18 Å². The summed E-state index contributed by atoms with van der Waals surface area (Å²) in [5.74, 6) is 0.0626. The number of ether oxygens (including phenoxy) is 2. The van der Waals surface area contributed by atoms with Gasteiger partial charge in [0.05, 0.1) is 16.6 Å². The summed E-state index contributed by atoms with van der Waals surface area (Å²) in [6.07, 6.45) is 0. The number of carbonyl (C=O) groups is 1. The minimum Gasteiger partial charge on any atom is -0.496 e. The van der Waals surface area contributed by atoms with E-state index >= 15 is 0 Å². The van der Waals surface area contributed by atoms with Gasteiger partial charge in [-0.25, -0.2) is 4.39 Å². The maximum absolute atomic E-state index is 13.2. The van der Waals surface area contributed by atoms with Crippen LogP contribution in [-0.2, 0) is 0 Å². The molecule has 2 rings (SSSR count). The van der Waals surface area contributed by atoms with Crippen molar-refractivity contribution in [2.24, 2.45) is 0 Å². The summed E-state index contributed by atoms with van der Waals surface area (Å²) in [7, 11) is 1.54. The molecule has 0 saturated heterocycles. The van der Waals surface area contributed by atoms with Gasteiger partial charge in [-0.2, -0.15) is 0 Å². The van der Waals surface area contributed by atoms with Gasteiger partial charge in [0.15, 0.2) is 12.4 Å². The lowest BCUT2D eigenvalue weighted by atomic mass is 10.1. The summed E-state index contributed by atoms with van der Waals surface area (Å²) >= 11 is 8.88. The molecule has 0 aliphatic rings. The summed E-state index contributed by atoms with van der Waals surface area (Å²) in [4.78, 5) is 12.0. The van der Waals surface area contributed by atoms with Crippen LogP contribution in [0.5, 0.6) is 11.5 Å². The molecule has 0 aliphatic carbocycles. The summed E-state index contributed by atoms with van der Waals surface area (Å²) < 4.78 is 24.3. The molecule has 0 N–H and O–H groups in total. The Bertz CT molecular complexity index is 676. The summed E-state index contributed by atoms with van der Waals surface area (Å²) in [5, 5.41) is 0.00719. The van der Waals surface area contributed by atoms with Gasteiger partial charge in [-0.15, -0.1) is 0 Å². The third kappa shape index (κ3) is 3.95. The zero-order chi connectivity index (χ0) is 15.4. The Balaban J connectivity index is 2.04. The number of rotatable bonds is 5. The molecule has 0 radical (unpaired) electrons. The van der Waals surface area contributed by atoms with Crippen molar-refractivity contribution in [2.45, 2.75) is 0 Å². The molecule has 0 spiro atoms. The van der Waals surface area contributed by atoms with Gasteiger partial charge in [0.25, 0.3) is 0 Å². The van der Waals surface area contributed by atoms with Crippen molar-refractivity contribution in [1.82, 2.24) is 0 Å². The molecule has 21 heavy (non-hydrogen) atoms. The van der Waals surface area contributed by atoms with E-state index in [2.05, 4.69) is 15.9 Å². The zero-order valence-corrected chi connectivity index (χ0v) is 13.4. The highest BCUT2D eigenvalue weighted by Crippen LogP contribution is 2.26. The van der Waals surface area contributed by atoms with Crippen LogP contribution in [0.2, 0.25) is 5.02 Å². The van der Waals surface area contributed by atoms with Gasteiger partial charge in [-0.05, 0) is 46.3 Å². The lowest BCUT2D eigenvalue weighted by Crippen LogP contribution is -2.11. The SMILES string of the molecule is COc1ccc(C(=O)COc2ccc(Cl)c(F)c2)cc1Br. The van der Waals surface area contributed by atoms with Gasteiger partial charge in [-0.1, -0.05) is 11.6 Å². The normalized spacial score (nSPS) is 10.3. The molecule has 0 saturated carbocycles. The van der Waals surface area contributed by atoms with E-state index in [4.69, 9.17) is 21.1 Å². The molecule has 0 atom stereocenters. The summed E-state index contributed by atoms with van der Waals surface area (Å²) in [5.41, 5.74) is 0.470. The Hall–Kier alpha value is -1.59. The maximum atomic E-state index is 13.2. The van der Waals surface area contributed by atoms with Crippen molar-refractivity contribution in [1.29, 1.82) is 0 Å². The summed E-state index contributed by atoms with van der Waals surface area (Å²) in [6, 6.07) is 8.98. The third-order valence-corrected chi connectivity index (χ3v) is 3.66. The van der Waals surface area contributed by atoms with Crippen LogP contribution in [-0.4, -0.2) is 19.5 Å². The first-order chi connectivity index (χ1) is 10.0. The second-order valence-corrected chi connectivity index (χ2v) is 5.40. The number of methoxy groups -OCH3 is 1. The fourth-order valence-corrected chi connectivity index (χ4v) is 2.30. The van der Waals surface area contributed by atoms with Crippen LogP contribution in [0.1, 0.15) is 10.4 Å². The van der Waals surface area contributed by atoms with Crippen molar-refractivity contribution in [3.05, 3.63) is 57.3 Å². The topological polar surface area (TPSA) is 35.5 Å². The molecule has 0 heterocycles. The van der Waals surface area contributed by atoms with Crippen molar-refractivity contribution in [2.75, 3.05) is 13.7 Å². The highest BCUT2D eigenvalue weighted by Gasteiger charge is 2.10. The van der Waals surface area contributed by atoms with E-state index in [0.29, 0.717) is 15.8 Å². The summed E-state index contributed by atoms with van der Waals surface area (Å²) in [6.45, 7) is -0.195. The highest BCUT2D eigenvalue weighted by atomic mass is 79.9. The van der Waals surface area contributed by atoms with Crippen LogP contribution in [0.15, 0.2) is 40.9 Å². The van der Waals surface area contributed by atoms with Crippen LogP contribution in [0, 0.1) is 5.82 Å². The van der Waals surface area contributed by atoms with Gasteiger partial charge < -0.3 is 9.47 Å². The van der Waals surface area contributed by atoms with Crippen molar-refractivity contribution < 1.29 is 18.7 Å². The van der Waals surface area contributed by atoms with Crippen LogP contribution < -0.4 is 9.47 Å². The highest BCUT2D eigenvalue weighted by molar-refractivity contribution is 9.10. The first-order valence-corrected chi connectivity index (χ1v) is 7.13. The number of hydrogen-bond acceptors (Lipinski definition) is 3. The molecule has 6 heteroatoms. The van der Waals surface area contributed by atoms with E-state index < -0.39 is 5.82 Å². The molecule has 3 nitrogen and oxygen atoms in total. The molecule has 0 bridgehead atoms. The number of benzene rings is 2. The second kappa shape index (κ2) is 6.91. The minimum absolute atomic E-state index is 0.00719. The number of hydrogen-bond donors (Lipinski definition) is 0. The van der Waals surface area contributed by atoms with Gasteiger partial charge >= 0.3 is 0 Å². The Labute approximate surface area is 134 Å². The molecule has 0 amide bonds. The lowest BCUT2D eigenvalue weighted by molar-refractivity contribution is 0.0921. The average molecular weight is 374 g/mol. The Morgan fingerprint density at radius 1 is 1.29 bits per heavy atom. The molecule has 110 valence electrons. The first-order valence-electron chi connectivity index (χ1n) is 5.96. The number of ketones is 1. The van der Waals surface area contributed by atoms with Crippen LogP contribution in [0.3, 0.4) is 0 Å². The monoisotopic (exact) mass is 372 g/mol. The van der Waals surface area contributed by atoms with E-state index in [1.165, 1.54) is 12.1 Å². The zero-order valence-electron chi connectivity index (χ0n) is 11.0. The van der Waals surface area contributed by atoms with Crippen LogP contribution >= 0.6 is 27.5 Å². The van der Waals surface area contributed by atoms with Crippen LogP contribution in [0.4, 0.5) is 4.39 Å². The number of halogens is 3. The largest absolute Gasteiger partial charge is 0.496 e. The number of carbonyl (C=O) groups excluding carboxylic acids is 1. The standard InChI is InChI=1S/C15H11BrClFO3/c1-20-15-5-2-9(6-11(15)16)14(19)8-21-10-3-4-12(17)13(18)7-10/h2-7H,8H2,1H3. The molecule has 2 aromatic carbocycles. The van der Waals surface area contributed by atoms with E-state index in [1.807, 2.05) is 0 Å². The Morgan fingerprint density at radius 3 is 2.67 bits per heavy atom. The van der Waals surface area contributed by atoms with E-state index in [-0.39, 0.29) is 23.2 Å². The van der Waals surface area contributed by atoms with Gasteiger partial charge in [0, 0.05) is 11.6 Å². The van der Waals surface area contributed by atoms with E-state index in [1.54, 1.807) is 25.3 Å². The fraction of sp³-hybridized carbons (Fsp3) is 0.133. The van der Waals surface area contributed by atoms with Crippen LogP contribution in [0.25, 0.3) is 0 Å². The number of Topliss-reactive ketones (excluding diaryl/α,β-unsaturated/α-hetero) is 1. The second-order valence-electron chi connectivity index (χ2n) is 4.14. The van der Waals surface area contributed by atoms with Crippen molar-refractivity contribution in [3.63, 3.8) is 0 Å². The molecule has 0 fully saturated rings. The lowest BCUT2D eigenvalue weighted by Gasteiger charge is -2.08. The quantitative estimate of drug-likeness (QED) is 0.723. The Kier molecular flexibility index (Phi) is 5.20. The Morgan fingerprint density at radius 2 is 2.05 bits per heavy atom. The predicted molar refractivity (Wildman–Crippen MR) is 81.9 cm³/mol. The van der Waals surface area contributed by atoms with Gasteiger partial charge in [-0.3, -0.25) is 4.79 Å². The van der Waals surface area contributed by atoms with Crippen molar-refractivity contribution >= 4 is 33.3 Å². The first kappa shape index (κ1) is 15.8. The molecular formula is C15H11BrClFO3. The van der Waals surface area contributed by atoms with Gasteiger partial charge in [0.1, 0.15) is 17.3 Å². The molecule has 0 aliphatic heterocycles. The molecule has 0 aromatic heterocycles. The maximum Gasteiger partial charge on any atom is 0.200 e. The fourth-order valence-electron chi connectivity index (χ4n) is 1.64. The average Bonchev–Trinajstić information content (AvgIpc) is 2.48.